The minimum Gasteiger partial charge on any atom is -0.496 e. The Balaban J connectivity index is 2.75. The standard InChI is InChI=1S/C13H21NO2S/c1-10(2)8-17(15)9-11-4-5-12(7-14)13(6-11)16-3/h4-6,10H,7-9,14H2,1-3H3. The average Bonchev–Trinajstić information content (AvgIpc) is 2.27. The molecule has 0 aromatic heterocycles. The van der Waals surface area contributed by atoms with Gasteiger partial charge in [0.15, 0.2) is 0 Å². The van der Waals surface area contributed by atoms with Gasteiger partial charge in [0.25, 0.3) is 0 Å². The summed E-state index contributed by atoms with van der Waals surface area (Å²) in [6, 6.07) is 5.85. The molecule has 0 amide bonds. The maximum absolute atomic E-state index is 11.8. The smallest absolute Gasteiger partial charge is 0.123 e. The summed E-state index contributed by atoms with van der Waals surface area (Å²) in [5.41, 5.74) is 7.62. The number of hydrogen-bond donors (Lipinski definition) is 1. The van der Waals surface area contributed by atoms with Gasteiger partial charge in [0.05, 0.1) is 7.11 Å². The highest BCUT2D eigenvalue weighted by Gasteiger charge is 2.07. The second-order valence-electron chi connectivity index (χ2n) is 4.50. The molecule has 0 aliphatic carbocycles. The van der Waals surface area contributed by atoms with Gasteiger partial charge in [-0.05, 0) is 17.5 Å². The van der Waals surface area contributed by atoms with E-state index in [1.54, 1.807) is 7.11 Å². The molecule has 0 saturated carbocycles. The minimum absolute atomic E-state index is 0.457. The summed E-state index contributed by atoms with van der Waals surface area (Å²) in [6.45, 7) is 4.62. The molecule has 1 atom stereocenters. The normalized spacial score (nSPS) is 12.8. The van der Waals surface area contributed by atoms with Crippen molar-refractivity contribution in [3.05, 3.63) is 29.3 Å². The fourth-order valence-corrected chi connectivity index (χ4v) is 3.08. The number of nitrogens with two attached hydrogens (primary N) is 1. The SMILES string of the molecule is COc1cc(CS(=O)CC(C)C)ccc1CN. The first kappa shape index (κ1) is 14.2. The Kier molecular flexibility index (Phi) is 5.65. The first-order chi connectivity index (χ1) is 8.06. The van der Waals surface area contributed by atoms with Gasteiger partial charge in [-0.3, -0.25) is 4.21 Å². The lowest BCUT2D eigenvalue weighted by atomic mass is 10.1. The van der Waals surface area contributed by atoms with Crippen LogP contribution >= 0.6 is 0 Å². The highest BCUT2D eigenvalue weighted by Crippen LogP contribution is 2.20. The Morgan fingerprint density at radius 2 is 2.12 bits per heavy atom. The van der Waals surface area contributed by atoms with E-state index in [4.69, 9.17) is 10.5 Å². The van der Waals surface area contributed by atoms with Crippen molar-refractivity contribution >= 4 is 10.8 Å². The molecule has 96 valence electrons. The molecule has 3 nitrogen and oxygen atoms in total. The van der Waals surface area contributed by atoms with Crippen LogP contribution in [-0.4, -0.2) is 17.1 Å². The van der Waals surface area contributed by atoms with E-state index >= 15 is 0 Å². The molecule has 0 spiro atoms. The summed E-state index contributed by atoms with van der Waals surface area (Å²) in [6.07, 6.45) is 0. The van der Waals surface area contributed by atoms with Gasteiger partial charge in [-0.25, -0.2) is 0 Å². The molecular formula is C13H21NO2S. The van der Waals surface area contributed by atoms with Crippen LogP contribution < -0.4 is 10.5 Å². The molecule has 17 heavy (non-hydrogen) atoms. The van der Waals surface area contributed by atoms with E-state index in [0.29, 0.717) is 18.2 Å². The Morgan fingerprint density at radius 3 is 2.65 bits per heavy atom. The van der Waals surface area contributed by atoms with E-state index in [1.807, 2.05) is 18.2 Å². The van der Waals surface area contributed by atoms with Crippen molar-refractivity contribution in [2.45, 2.75) is 26.1 Å². The Bertz CT molecular complexity index is 391. The molecule has 4 heteroatoms. The molecule has 1 unspecified atom stereocenters. The number of ether oxygens (including phenoxy) is 1. The lowest BCUT2D eigenvalue weighted by Crippen LogP contribution is -2.07. The van der Waals surface area contributed by atoms with Gasteiger partial charge in [0.1, 0.15) is 5.75 Å². The largest absolute Gasteiger partial charge is 0.496 e. The van der Waals surface area contributed by atoms with Crippen LogP contribution in [-0.2, 0) is 23.1 Å². The van der Waals surface area contributed by atoms with Gasteiger partial charge in [-0.1, -0.05) is 26.0 Å². The van der Waals surface area contributed by atoms with Crippen molar-refractivity contribution in [1.29, 1.82) is 0 Å². The average molecular weight is 255 g/mol. The first-order valence-corrected chi connectivity index (χ1v) is 7.26. The zero-order valence-corrected chi connectivity index (χ0v) is 11.5. The predicted molar refractivity (Wildman–Crippen MR) is 72.4 cm³/mol. The summed E-state index contributed by atoms with van der Waals surface area (Å²) < 4.78 is 17.1. The molecular weight excluding hydrogens is 234 g/mol. The van der Waals surface area contributed by atoms with Crippen molar-refractivity contribution in [1.82, 2.24) is 0 Å². The molecule has 1 aromatic rings. The van der Waals surface area contributed by atoms with Gasteiger partial charge in [-0.15, -0.1) is 0 Å². The summed E-state index contributed by atoms with van der Waals surface area (Å²) >= 11 is 0. The molecule has 0 aliphatic heterocycles. The monoisotopic (exact) mass is 255 g/mol. The molecule has 0 saturated heterocycles. The maximum Gasteiger partial charge on any atom is 0.123 e. The zero-order valence-electron chi connectivity index (χ0n) is 10.7. The molecule has 0 aliphatic rings. The van der Waals surface area contributed by atoms with Gasteiger partial charge < -0.3 is 10.5 Å². The van der Waals surface area contributed by atoms with E-state index in [9.17, 15) is 4.21 Å². The number of methoxy groups -OCH3 is 1. The highest BCUT2D eigenvalue weighted by atomic mass is 32.2. The molecule has 1 aromatic carbocycles. The number of rotatable bonds is 6. The van der Waals surface area contributed by atoms with Crippen LogP contribution in [0, 0.1) is 5.92 Å². The van der Waals surface area contributed by atoms with Crippen LogP contribution in [0.1, 0.15) is 25.0 Å². The van der Waals surface area contributed by atoms with E-state index in [2.05, 4.69) is 13.8 Å². The van der Waals surface area contributed by atoms with E-state index in [1.165, 1.54) is 0 Å². The number of benzene rings is 1. The van der Waals surface area contributed by atoms with E-state index < -0.39 is 10.8 Å². The minimum atomic E-state index is -0.807. The fraction of sp³-hybridized carbons (Fsp3) is 0.538. The van der Waals surface area contributed by atoms with Crippen molar-refractivity contribution in [3.63, 3.8) is 0 Å². The Hall–Kier alpha value is -0.870. The number of hydrogen-bond acceptors (Lipinski definition) is 3. The van der Waals surface area contributed by atoms with Crippen molar-refractivity contribution in [3.8, 4) is 5.75 Å². The quantitative estimate of drug-likeness (QED) is 0.846. The van der Waals surface area contributed by atoms with Crippen LogP contribution in [0.2, 0.25) is 0 Å². The third kappa shape index (κ3) is 4.48. The summed E-state index contributed by atoms with van der Waals surface area (Å²) in [7, 11) is 0.822. The fourth-order valence-electron chi connectivity index (χ4n) is 1.66. The van der Waals surface area contributed by atoms with Gasteiger partial charge in [0.2, 0.25) is 0 Å². The second-order valence-corrected chi connectivity index (χ2v) is 6.00. The molecule has 1 rings (SSSR count). The van der Waals surface area contributed by atoms with Gasteiger partial charge in [-0.2, -0.15) is 0 Å². The van der Waals surface area contributed by atoms with E-state index in [-0.39, 0.29) is 0 Å². The Labute approximate surface area is 106 Å². The van der Waals surface area contributed by atoms with E-state index in [0.717, 1.165) is 22.6 Å². The molecule has 0 bridgehead atoms. The third-order valence-corrected chi connectivity index (χ3v) is 4.11. The van der Waals surface area contributed by atoms with Crippen LogP contribution in [0.15, 0.2) is 18.2 Å². The lowest BCUT2D eigenvalue weighted by Gasteiger charge is -2.10. The van der Waals surface area contributed by atoms with Gasteiger partial charge in [0, 0.05) is 34.4 Å². The topological polar surface area (TPSA) is 52.3 Å². The van der Waals surface area contributed by atoms with Crippen LogP contribution in [0.25, 0.3) is 0 Å². The van der Waals surface area contributed by atoms with Crippen LogP contribution in [0.3, 0.4) is 0 Å². The molecule has 2 N–H and O–H groups in total. The second kappa shape index (κ2) is 6.77. The van der Waals surface area contributed by atoms with Crippen molar-refractivity contribution < 1.29 is 8.95 Å². The van der Waals surface area contributed by atoms with Crippen molar-refractivity contribution in [2.75, 3.05) is 12.9 Å². The molecule has 0 fully saturated rings. The molecule has 0 heterocycles. The zero-order chi connectivity index (χ0) is 12.8. The maximum atomic E-state index is 11.8. The summed E-state index contributed by atoms with van der Waals surface area (Å²) in [4.78, 5) is 0. The van der Waals surface area contributed by atoms with Crippen LogP contribution in [0.5, 0.6) is 5.75 Å². The summed E-state index contributed by atoms with van der Waals surface area (Å²) in [5.74, 6) is 2.56. The van der Waals surface area contributed by atoms with Crippen molar-refractivity contribution in [2.24, 2.45) is 11.7 Å². The first-order valence-electron chi connectivity index (χ1n) is 5.77. The third-order valence-electron chi connectivity index (χ3n) is 2.42. The lowest BCUT2D eigenvalue weighted by molar-refractivity contribution is 0.409. The highest BCUT2D eigenvalue weighted by molar-refractivity contribution is 7.84. The van der Waals surface area contributed by atoms with Gasteiger partial charge >= 0.3 is 0 Å². The van der Waals surface area contributed by atoms with Crippen LogP contribution in [0.4, 0.5) is 0 Å². The predicted octanol–water partition coefficient (Wildman–Crippen LogP) is 2.06. The summed E-state index contributed by atoms with van der Waals surface area (Å²) in [5, 5.41) is 0. The Morgan fingerprint density at radius 1 is 1.41 bits per heavy atom. The molecule has 0 radical (unpaired) electrons.